The smallest absolute Gasteiger partial charge is 0.184 e. The van der Waals surface area contributed by atoms with Crippen LogP contribution in [0.3, 0.4) is 0 Å². The molecule has 0 saturated carbocycles. The molecular weight excluding hydrogens is 267 g/mol. The lowest BCUT2D eigenvalue weighted by molar-refractivity contribution is -0.0433. The van der Waals surface area contributed by atoms with Gasteiger partial charge in [-0.15, -0.1) is 0 Å². The third-order valence-electron chi connectivity index (χ3n) is 4.65. The molecule has 2 atom stereocenters. The topological polar surface area (TPSA) is 18.5 Å². The van der Waals surface area contributed by atoms with Gasteiger partial charge in [0.25, 0.3) is 0 Å². The second-order valence-corrected chi connectivity index (χ2v) is 8.50. The van der Waals surface area contributed by atoms with Gasteiger partial charge in [-0.05, 0) is 42.3 Å². The fraction of sp³-hybridized carbons (Fsp3) is 0.647. The van der Waals surface area contributed by atoms with Crippen LogP contribution in [0.25, 0.3) is 0 Å². The Morgan fingerprint density at radius 1 is 1.00 bits per heavy atom. The van der Waals surface area contributed by atoms with Gasteiger partial charge in [0.15, 0.2) is 6.29 Å². The highest BCUT2D eigenvalue weighted by atomic mass is 31.1. The number of hydrogen-bond donors (Lipinski definition) is 0. The van der Waals surface area contributed by atoms with E-state index in [9.17, 15) is 0 Å². The second-order valence-electron chi connectivity index (χ2n) is 5.74. The summed E-state index contributed by atoms with van der Waals surface area (Å²) in [6.07, 6.45) is 5.30. The van der Waals surface area contributed by atoms with E-state index in [1.54, 1.807) is 5.30 Å². The van der Waals surface area contributed by atoms with Gasteiger partial charge in [0.2, 0.25) is 0 Å². The minimum Gasteiger partial charge on any atom is -0.346 e. The molecule has 2 nitrogen and oxygen atoms in total. The monoisotopic (exact) mass is 292 g/mol. The summed E-state index contributed by atoms with van der Waals surface area (Å²) in [7, 11) is -0.0642. The van der Waals surface area contributed by atoms with Gasteiger partial charge in [-0.25, -0.2) is 0 Å². The molecule has 1 aromatic rings. The van der Waals surface area contributed by atoms with Gasteiger partial charge in [0.05, 0.1) is 13.2 Å². The minimum atomic E-state index is -0.121. The fourth-order valence-corrected chi connectivity index (χ4v) is 7.38. The molecule has 0 amide bonds. The molecule has 2 saturated heterocycles. The van der Waals surface area contributed by atoms with Crippen LogP contribution >= 0.6 is 7.92 Å². The van der Waals surface area contributed by atoms with Crippen LogP contribution in [0.1, 0.15) is 51.4 Å². The number of hydrogen-bond acceptors (Lipinski definition) is 2. The molecule has 2 heterocycles. The summed E-state index contributed by atoms with van der Waals surface area (Å²) < 4.78 is 11.5. The average Bonchev–Trinajstić information content (AvgIpc) is 3.16. The van der Waals surface area contributed by atoms with E-state index in [0.29, 0.717) is 0 Å². The Bertz CT molecular complexity index is 430. The molecule has 2 aliphatic heterocycles. The van der Waals surface area contributed by atoms with E-state index in [2.05, 4.69) is 38.1 Å². The molecule has 3 rings (SSSR count). The van der Waals surface area contributed by atoms with Crippen molar-refractivity contribution in [2.75, 3.05) is 13.2 Å². The molecule has 2 fully saturated rings. The van der Waals surface area contributed by atoms with Crippen molar-refractivity contribution in [2.24, 2.45) is 0 Å². The van der Waals surface area contributed by atoms with E-state index in [0.717, 1.165) is 24.5 Å². The molecule has 0 spiro atoms. The van der Waals surface area contributed by atoms with E-state index in [1.165, 1.54) is 31.2 Å². The van der Waals surface area contributed by atoms with E-state index in [4.69, 9.17) is 9.47 Å². The number of rotatable bonds is 4. The lowest BCUT2D eigenvalue weighted by Crippen LogP contribution is -2.20. The molecule has 3 heteroatoms. The fourth-order valence-electron chi connectivity index (χ4n) is 3.62. The Labute approximate surface area is 123 Å². The van der Waals surface area contributed by atoms with Crippen molar-refractivity contribution in [1.29, 1.82) is 0 Å². The van der Waals surface area contributed by atoms with Crippen molar-refractivity contribution in [2.45, 2.75) is 57.1 Å². The van der Waals surface area contributed by atoms with E-state index < -0.39 is 0 Å². The maximum Gasteiger partial charge on any atom is 0.184 e. The van der Waals surface area contributed by atoms with Crippen LogP contribution in [0.15, 0.2) is 24.3 Å². The highest BCUT2D eigenvalue weighted by Crippen LogP contribution is 2.57. The summed E-state index contributed by atoms with van der Waals surface area (Å²) >= 11 is 0. The Morgan fingerprint density at radius 2 is 1.60 bits per heavy atom. The molecule has 0 N–H and O–H groups in total. The zero-order valence-corrected chi connectivity index (χ0v) is 13.4. The van der Waals surface area contributed by atoms with E-state index >= 15 is 0 Å². The predicted molar refractivity (Wildman–Crippen MR) is 85.0 cm³/mol. The Hall–Kier alpha value is -0.430. The van der Waals surface area contributed by atoms with Crippen molar-refractivity contribution >= 4 is 13.2 Å². The maximum atomic E-state index is 5.77. The van der Waals surface area contributed by atoms with Gasteiger partial charge in [-0.1, -0.05) is 46.0 Å². The summed E-state index contributed by atoms with van der Waals surface area (Å²) in [5, 5.41) is 1.55. The molecule has 0 unspecified atom stereocenters. The molecule has 0 radical (unpaired) electrons. The number of benzene rings is 1. The van der Waals surface area contributed by atoms with E-state index in [1.807, 2.05) is 0 Å². The van der Waals surface area contributed by atoms with Crippen molar-refractivity contribution in [3.8, 4) is 0 Å². The summed E-state index contributed by atoms with van der Waals surface area (Å²) in [5.41, 5.74) is 3.07. The largest absolute Gasteiger partial charge is 0.346 e. The standard InChI is InChI=1S/C17H25O2P/c1-3-13-9-10-14(4-2)20(13)16-8-6-5-7-15(16)17-18-11-12-19-17/h5-8,13-14,17H,3-4,9-12H2,1-2H3/t13-,14-/m0/s1. The molecular formula is C17H25O2P. The highest BCUT2D eigenvalue weighted by Gasteiger charge is 2.37. The summed E-state index contributed by atoms with van der Waals surface area (Å²) in [5.74, 6) is 0. The highest BCUT2D eigenvalue weighted by molar-refractivity contribution is 7.67. The van der Waals surface area contributed by atoms with Gasteiger partial charge < -0.3 is 9.47 Å². The SMILES string of the molecule is CC[C@H]1CC[C@H](CC)P1c1ccccc1C1OCCO1. The molecule has 0 aliphatic carbocycles. The van der Waals surface area contributed by atoms with Gasteiger partial charge in [-0.2, -0.15) is 0 Å². The van der Waals surface area contributed by atoms with Crippen LogP contribution in [-0.4, -0.2) is 24.5 Å². The van der Waals surface area contributed by atoms with Crippen LogP contribution in [0.2, 0.25) is 0 Å². The van der Waals surface area contributed by atoms with Crippen LogP contribution in [-0.2, 0) is 9.47 Å². The van der Waals surface area contributed by atoms with Crippen LogP contribution in [0.4, 0.5) is 0 Å². The maximum absolute atomic E-state index is 5.77. The molecule has 0 bridgehead atoms. The van der Waals surface area contributed by atoms with Gasteiger partial charge >= 0.3 is 0 Å². The van der Waals surface area contributed by atoms with Crippen LogP contribution < -0.4 is 5.30 Å². The first-order valence-electron chi connectivity index (χ1n) is 7.95. The van der Waals surface area contributed by atoms with Crippen molar-refractivity contribution in [1.82, 2.24) is 0 Å². The molecule has 0 aromatic heterocycles. The molecule has 110 valence electrons. The van der Waals surface area contributed by atoms with Crippen molar-refractivity contribution in [3.05, 3.63) is 29.8 Å². The van der Waals surface area contributed by atoms with Crippen LogP contribution in [0, 0.1) is 0 Å². The van der Waals surface area contributed by atoms with Crippen molar-refractivity contribution < 1.29 is 9.47 Å². The Balaban J connectivity index is 1.95. The third kappa shape index (κ3) is 2.66. The summed E-state index contributed by atoms with van der Waals surface area (Å²) in [6.45, 7) is 6.16. The summed E-state index contributed by atoms with van der Waals surface area (Å²) in [4.78, 5) is 0. The van der Waals surface area contributed by atoms with Gasteiger partial charge in [0.1, 0.15) is 0 Å². The van der Waals surface area contributed by atoms with Crippen LogP contribution in [0.5, 0.6) is 0 Å². The van der Waals surface area contributed by atoms with Crippen molar-refractivity contribution in [3.63, 3.8) is 0 Å². The zero-order chi connectivity index (χ0) is 13.9. The first-order valence-corrected chi connectivity index (χ1v) is 9.43. The number of ether oxygens (including phenoxy) is 2. The average molecular weight is 292 g/mol. The molecule has 1 aromatic carbocycles. The van der Waals surface area contributed by atoms with Gasteiger partial charge in [-0.3, -0.25) is 0 Å². The van der Waals surface area contributed by atoms with Gasteiger partial charge in [0, 0.05) is 5.56 Å². The second kappa shape index (κ2) is 6.56. The van der Waals surface area contributed by atoms with E-state index in [-0.39, 0.29) is 14.2 Å². The predicted octanol–water partition coefficient (Wildman–Crippen LogP) is 4.19. The summed E-state index contributed by atoms with van der Waals surface area (Å²) in [6, 6.07) is 8.86. The molecule has 20 heavy (non-hydrogen) atoms. The quantitative estimate of drug-likeness (QED) is 0.775. The molecule has 2 aliphatic rings. The lowest BCUT2D eigenvalue weighted by Gasteiger charge is -2.28. The minimum absolute atomic E-state index is 0.0642. The zero-order valence-electron chi connectivity index (χ0n) is 12.5. The first-order chi connectivity index (χ1) is 9.85. The third-order valence-corrected chi connectivity index (χ3v) is 8.44. The Morgan fingerprint density at radius 3 is 2.20 bits per heavy atom. The lowest BCUT2D eigenvalue weighted by atomic mass is 10.1. The Kier molecular flexibility index (Phi) is 4.75. The normalized spacial score (nSPS) is 28.3. The first kappa shape index (κ1) is 14.5.